The van der Waals surface area contributed by atoms with Gasteiger partial charge in [-0.25, -0.2) is 4.98 Å². The summed E-state index contributed by atoms with van der Waals surface area (Å²) in [6.45, 7) is 3.86. The lowest BCUT2D eigenvalue weighted by molar-refractivity contribution is 0.646. The van der Waals surface area contributed by atoms with E-state index in [1.807, 2.05) is 37.2 Å². The van der Waals surface area contributed by atoms with Crippen LogP contribution in [-0.2, 0) is 6.54 Å². The normalized spacial score (nSPS) is 11.3. The Kier molecular flexibility index (Phi) is 8.24. The van der Waals surface area contributed by atoms with E-state index in [-0.39, 0.29) is 0 Å². The molecule has 0 bridgehead atoms. The van der Waals surface area contributed by atoms with E-state index in [0.29, 0.717) is 6.54 Å². The van der Waals surface area contributed by atoms with Crippen molar-refractivity contribution in [3.8, 4) is 0 Å². The first kappa shape index (κ1) is 17.3. The van der Waals surface area contributed by atoms with Gasteiger partial charge in [0, 0.05) is 27.7 Å². The van der Waals surface area contributed by atoms with Crippen molar-refractivity contribution in [1.29, 1.82) is 0 Å². The van der Waals surface area contributed by atoms with Crippen LogP contribution in [0.25, 0.3) is 0 Å². The number of nitrogens with zero attached hydrogens (tertiary/aromatic N) is 3. The number of pyridine rings is 1. The molecule has 0 amide bonds. The van der Waals surface area contributed by atoms with Crippen molar-refractivity contribution in [1.82, 2.24) is 15.6 Å². The van der Waals surface area contributed by atoms with Gasteiger partial charge in [-0.15, -0.1) is 0 Å². The highest BCUT2D eigenvalue weighted by atomic mass is 15.2. The molecule has 0 atom stereocenters. The van der Waals surface area contributed by atoms with Crippen LogP contribution in [0.15, 0.2) is 23.2 Å². The molecule has 1 heterocycles. The first-order valence-electron chi connectivity index (χ1n) is 7.75. The highest BCUT2D eigenvalue weighted by molar-refractivity contribution is 5.79. The zero-order chi connectivity index (χ0) is 15.5. The average Bonchev–Trinajstić information content (AvgIpc) is 2.50. The quantitative estimate of drug-likeness (QED) is 0.439. The van der Waals surface area contributed by atoms with Crippen molar-refractivity contribution in [2.24, 2.45) is 4.99 Å². The second-order valence-corrected chi connectivity index (χ2v) is 5.29. The number of rotatable bonds is 8. The fraction of sp³-hybridized carbons (Fsp3) is 0.625. The highest BCUT2D eigenvalue weighted by Crippen LogP contribution is 2.07. The Morgan fingerprint density at radius 2 is 2.00 bits per heavy atom. The summed E-state index contributed by atoms with van der Waals surface area (Å²) < 4.78 is 0. The van der Waals surface area contributed by atoms with Crippen LogP contribution in [0.2, 0.25) is 0 Å². The van der Waals surface area contributed by atoms with E-state index in [0.717, 1.165) is 24.0 Å². The van der Waals surface area contributed by atoms with E-state index in [4.69, 9.17) is 0 Å². The Morgan fingerprint density at radius 3 is 2.67 bits per heavy atom. The molecule has 21 heavy (non-hydrogen) atoms. The molecule has 2 N–H and O–H groups in total. The molecule has 5 heteroatoms. The molecule has 0 fully saturated rings. The number of guanidine groups is 1. The van der Waals surface area contributed by atoms with Crippen LogP contribution in [0.1, 0.15) is 38.3 Å². The van der Waals surface area contributed by atoms with Gasteiger partial charge in [-0.05, 0) is 18.6 Å². The lowest BCUT2D eigenvalue weighted by Gasteiger charge is -2.14. The largest absolute Gasteiger partial charge is 0.363 e. The third kappa shape index (κ3) is 6.97. The van der Waals surface area contributed by atoms with E-state index < -0.39 is 0 Å². The molecule has 0 unspecified atom stereocenters. The molecule has 1 rings (SSSR count). The molecule has 0 aliphatic rings. The van der Waals surface area contributed by atoms with E-state index >= 15 is 0 Å². The minimum Gasteiger partial charge on any atom is -0.363 e. The average molecular weight is 291 g/mol. The summed E-state index contributed by atoms with van der Waals surface area (Å²) >= 11 is 0. The molecule has 0 aromatic carbocycles. The number of hydrogen-bond donors (Lipinski definition) is 2. The lowest BCUT2D eigenvalue weighted by atomic mass is 10.2. The molecule has 0 spiro atoms. The Hall–Kier alpha value is -1.78. The number of aliphatic imine (C=N–C) groups is 1. The zero-order valence-corrected chi connectivity index (χ0v) is 13.8. The second kappa shape index (κ2) is 10.0. The first-order chi connectivity index (χ1) is 10.2. The minimum atomic E-state index is 0.677. The van der Waals surface area contributed by atoms with E-state index in [2.05, 4.69) is 27.5 Å². The van der Waals surface area contributed by atoms with E-state index in [1.165, 1.54) is 25.7 Å². The summed E-state index contributed by atoms with van der Waals surface area (Å²) in [6, 6.07) is 6.05. The smallest absolute Gasteiger partial charge is 0.191 e. The van der Waals surface area contributed by atoms with Crippen molar-refractivity contribution in [3.63, 3.8) is 0 Å². The summed E-state index contributed by atoms with van der Waals surface area (Å²) in [5, 5.41) is 6.64. The number of aromatic nitrogens is 1. The number of anilines is 1. The van der Waals surface area contributed by atoms with E-state index in [9.17, 15) is 0 Å². The number of nitrogens with one attached hydrogen (secondary N) is 2. The summed E-state index contributed by atoms with van der Waals surface area (Å²) in [6.07, 6.45) is 5.02. The van der Waals surface area contributed by atoms with E-state index in [1.54, 1.807) is 7.05 Å². The van der Waals surface area contributed by atoms with Crippen molar-refractivity contribution in [2.45, 2.75) is 39.2 Å². The van der Waals surface area contributed by atoms with Crippen LogP contribution in [0.3, 0.4) is 0 Å². The van der Waals surface area contributed by atoms with Gasteiger partial charge in [0.15, 0.2) is 5.96 Å². The minimum absolute atomic E-state index is 0.677. The summed E-state index contributed by atoms with van der Waals surface area (Å²) in [5.41, 5.74) is 1.01. The number of unbranched alkanes of at least 4 members (excludes halogenated alkanes) is 3. The maximum absolute atomic E-state index is 4.58. The van der Waals surface area contributed by atoms with Crippen LogP contribution in [0.4, 0.5) is 5.82 Å². The Morgan fingerprint density at radius 1 is 1.19 bits per heavy atom. The Labute approximate surface area is 128 Å². The Balaban J connectivity index is 2.36. The first-order valence-corrected chi connectivity index (χ1v) is 7.75. The van der Waals surface area contributed by atoms with Crippen LogP contribution in [0.5, 0.6) is 0 Å². The molecule has 0 saturated heterocycles. The number of hydrogen-bond acceptors (Lipinski definition) is 3. The molecule has 0 radical (unpaired) electrons. The third-order valence-corrected chi connectivity index (χ3v) is 3.23. The monoisotopic (exact) mass is 291 g/mol. The molecule has 5 nitrogen and oxygen atoms in total. The third-order valence-electron chi connectivity index (χ3n) is 3.23. The van der Waals surface area contributed by atoms with Crippen LogP contribution in [0, 0.1) is 0 Å². The van der Waals surface area contributed by atoms with Gasteiger partial charge < -0.3 is 15.5 Å². The molecule has 0 aliphatic carbocycles. The molecular weight excluding hydrogens is 262 g/mol. The van der Waals surface area contributed by atoms with Gasteiger partial charge in [-0.3, -0.25) is 4.99 Å². The molecular formula is C16H29N5. The van der Waals surface area contributed by atoms with Gasteiger partial charge in [0.05, 0.1) is 12.2 Å². The predicted molar refractivity (Wildman–Crippen MR) is 90.9 cm³/mol. The zero-order valence-electron chi connectivity index (χ0n) is 13.8. The van der Waals surface area contributed by atoms with Crippen LogP contribution >= 0.6 is 0 Å². The predicted octanol–water partition coefficient (Wildman–Crippen LogP) is 2.39. The molecule has 1 aromatic rings. The fourth-order valence-corrected chi connectivity index (χ4v) is 1.97. The van der Waals surface area contributed by atoms with Gasteiger partial charge in [-0.1, -0.05) is 32.3 Å². The summed E-state index contributed by atoms with van der Waals surface area (Å²) in [5.74, 6) is 1.81. The van der Waals surface area contributed by atoms with Gasteiger partial charge in [0.1, 0.15) is 5.82 Å². The molecule has 0 aliphatic heterocycles. The van der Waals surface area contributed by atoms with Crippen molar-refractivity contribution in [2.75, 3.05) is 32.6 Å². The van der Waals surface area contributed by atoms with Crippen LogP contribution < -0.4 is 15.5 Å². The maximum Gasteiger partial charge on any atom is 0.191 e. The summed E-state index contributed by atoms with van der Waals surface area (Å²) in [4.78, 5) is 10.8. The topological polar surface area (TPSA) is 52.6 Å². The lowest BCUT2D eigenvalue weighted by Crippen LogP contribution is -2.37. The summed E-state index contributed by atoms with van der Waals surface area (Å²) in [7, 11) is 5.79. The molecule has 1 aromatic heterocycles. The molecule has 118 valence electrons. The van der Waals surface area contributed by atoms with Crippen molar-refractivity contribution in [3.05, 3.63) is 23.9 Å². The second-order valence-electron chi connectivity index (χ2n) is 5.29. The van der Waals surface area contributed by atoms with Crippen molar-refractivity contribution < 1.29 is 0 Å². The fourth-order valence-electron chi connectivity index (χ4n) is 1.97. The highest BCUT2D eigenvalue weighted by Gasteiger charge is 2.01. The Bertz CT molecular complexity index is 428. The van der Waals surface area contributed by atoms with Crippen LogP contribution in [-0.4, -0.2) is 38.6 Å². The van der Waals surface area contributed by atoms with Gasteiger partial charge in [0.2, 0.25) is 0 Å². The van der Waals surface area contributed by atoms with Gasteiger partial charge in [-0.2, -0.15) is 0 Å². The SMILES string of the molecule is CCCCCCNC(=NC)NCc1cccc(N(C)C)n1. The van der Waals surface area contributed by atoms with Gasteiger partial charge in [0.25, 0.3) is 0 Å². The standard InChI is InChI=1S/C16H29N5/c1-5-6-7-8-12-18-16(17-2)19-13-14-10-9-11-15(20-14)21(3)4/h9-11H,5-8,12-13H2,1-4H3,(H2,17,18,19). The maximum atomic E-state index is 4.58. The van der Waals surface area contributed by atoms with Gasteiger partial charge >= 0.3 is 0 Å². The molecule has 0 saturated carbocycles. The van der Waals surface area contributed by atoms with Crippen molar-refractivity contribution >= 4 is 11.8 Å².